The Morgan fingerprint density at radius 2 is 1.72 bits per heavy atom. The van der Waals surface area contributed by atoms with Gasteiger partial charge in [-0.15, -0.1) is 0 Å². The van der Waals surface area contributed by atoms with Gasteiger partial charge in [0, 0.05) is 36.0 Å². The summed E-state index contributed by atoms with van der Waals surface area (Å²) in [6.07, 6.45) is 1.67. The zero-order valence-corrected chi connectivity index (χ0v) is 18.8. The Labute approximate surface area is 191 Å². The summed E-state index contributed by atoms with van der Waals surface area (Å²) < 4.78 is 0.819. The van der Waals surface area contributed by atoms with E-state index < -0.39 is 0 Å². The fraction of sp³-hybridized carbons (Fsp3) is 0.136. The number of para-hydroxylation sites is 1. The molecule has 10 heteroatoms. The van der Waals surface area contributed by atoms with Crippen molar-refractivity contribution in [3.8, 4) is 0 Å². The number of hydrogen-bond donors (Lipinski definition) is 1. The van der Waals surface area contributed by atoms with E-state index in [0.29, 0.717) is 29.2 Å². The first-order valence-electron chi connectivity index (χ1n) is 9.74. The van der Waals surface area contributed by atoms with Crippen molar-refractivity contribution >= 4 is 56.9 Å². The third kappa shape index (κ3) is 3.11. The highest BCUT2D eigenvalue weighted by molar-refractivity contribution is 9.10. The molecule has 1 aromatic heterocycles. The molecule has 0 bridgehead atoms. The van der Waals surface area contributed by atoms with Crippen molar-refractivity contribution in [3.63, 3.8) is 0 Å². The lowest BCUT2D eigenvalue weighted by Crippen LogP contribution is -2.46. The number of hydrogen-bond acceptors (Lipinski definition) is 6. The van der Waals surface area contributed by atoms with E-state index in [2.05, 4.69) is 31.2 Å². The summed E-state index contributed by atoms with van der Waals surface area (Å²) in [5.74, 6) is 0.111. The van der Waals surface area contributed by atoms with Crippen LogP contribution in [-0.4, -0.2) is 46.8 Å². The zero-order valence-electron chi connectivity index (χ0n) is 17.2. The highest BCUT2D eigenvalue weighted by Crippen LogP contribution is 2.34. The number of nitrogens with zero attached hydrogens (tertiary/aromatic N) is 5. The molecule has 2 aliphatic heterocycles. The SMILES string of the molecule is CN1C(=O)c2ccc(Nc3ncc4c(n3)N(C)C(=O)N(c3ccccc3Br)C4)cc2C1=O. The van der Waals surface area contributed by atoms with Crippen molar-refractivity contribution in [2.24, 2.45) is 0 Å². The monoisotopic (exact) mass is 492 g/mol. The molecular weight excluding hydrogens is 476 g/mol. The molecule has 2 aliphatic rings. The molecule has 0 saturated heterocycles. The molecule has 0 fully saturated rings. The van der Waals surface area contributed by atoms with Crippen molar-refractivity contribution < 1.29 is 14.4 Å². The lowest BCUT2D eigenvalue weighted by Gasteiger charge is -2.34. The van der Waals surface area contributed by atoms with E-state index >= 15 is 0 Å². The number of rotatable bonds is 3. The van der Waals surface area contributed by atoms with Crippen molar-refractivity contribution in [1.82, 2.24) is 14.9 Å². The van der Waals surface area contributed by atoms with Gasteiger partial charge in [0.15, 0.2) is 0 Å². The van der Waals surface area contributed by atoms with Gasteiger partial charge >= 0.3 is 6.03 Å². The van der Waals surface area contributed by atoms with Crippen LogP contribution in [0.1, 0.15) is 26.3 Å². The molecule has 3 aromatic rings. The van der Waals surface area contributed by atoms with Crippen LogP contribution in [0.4, 0.5) is 27.9 Å². The van der Waals surface area contributed by atoms with Crippen LogP contribution in [0.25, 0.3) is 0 Å². The fourth-order valence-corrected chi connectivity index (χ4v) is 4.30. The second-order valence-corrected chi connectivity index (χ2v) is 8.33. The number of carbonyl (C=O) groups is 3. The number of aromatic nitrogens is 2. The maximum Gasteiger partial charge on any atom is 0.330 e. The highest BCUT2D eigenvalue weighted by Gasteiger charge is 2.33. The van der Waals surface area contributed by atoms with E-state index in [-0.39, 0.29) is 23.8 Å². The minimum absolute atomic E-state index is 0.210. The molecule has 3 heterocycles. The second kappa shape index (κ2) is 7.41. The fourth-order valence-electron chi connectivity index (χ4n) is 3.80. The second-order valence-electron chi connectivity index (χ2n) is 7.48. The topological polar surface area (TPSA) is 98.7 Å². The average molecular weight is 493 g/mol. The molecule has 2 aromatic carbocycles. The third-order valence-corrected chi connectivity index (χ3v) is 6.17. The van der Waals surface area contributed by atoms with Crippen LogP contribution in [0.2, 0.25) is 0 Å². The van der Waals surface area contributed by atoms with Gasteiger partial charge in [0.1, 0.15) is 5.82 Å². The number of halogens is 1. The number of benzene rings is 2. The predicted molar refractivity (Wildman–Crippen MR) is 122 cm³/mol. The number of fused-ring (bicyclic) bond motifs is 2. The van der Waals surface area contributed by atoms with Gasteiger partial charge in [-0.05, 0) is 46.3 Å². The molecule has 1 N–H and O–H groups in total. The first-order valence-corrected chi connectivity index (χ1v) is 10.5. The molecule has 160 valence electrons. The molecular formula is C22H17BrN6O3. The Morgan fingerprint density at radius 1 is 0.969 bits per heavy atom. The first kappa shape index (κ1) is 20.1. The van der Waals surface area contributed by atoms with Gasteiger partial charge in [-0.1, -0.05) is 12.1 Å². The van der Waals surface area contributed by atoms with E-state index in [1.807, 2.05) is 24.3 Å². The summed E-state index contributed by atoms with van der Waals surface area (Å²) in [5, 5.41) is 3.06. The average Bonchev–Trinajstić information content (AvgIpc) is 3.01. The Bertz CT molecular complexity index is 1310. The lowest BCUT2D eigenvalue weighted by molar-refractivity contribution is 0.0693. The summed E-state index contributed by atoms with van der Waals surface area (Å²) >= 11 is 3.50. The third-order valence-electron chi connectivity index (χ3n) is 5.49. The summed E-state index contributed by atoms with van der Waals surface area (Å²) in [6.45, 7) is 0.337. The van der Waals surface area contributed by atoms with Gasteiger partial charge < -0.3 is 5.32 Å². The van der Waals surface area contributed by atoms with Crippen LogP contribution in [0, 0.1) is 0 Å². The molecule has 9 nitrogen and oxygen atoms in total. The number of anilines is 4. The standard InChI is InChI=1S/C22H17BrN6O3/c1-27-18-12(11-29(22(27)32)17-6-4-3-5-16(17)23)10-24-21(26-18)25-13-7-8-14-15(9-13)20(31)28(2)19(14)30/h3-10H,11H2,1-2H3,(H,24,25,26). The molecule has 32 heavy (non-hydrogen) atoms. The smallest absolute Gasteiger partial charge is 0.324 e. The maximum atomic E-state index is 13.0. The van der Waals surface area contributed by atoms with Crippen molar-refractivity contribution in [1.29, 1.82) is 0 Å². The normalized spacial score (nSPS) is 15.2. The van der Waals surface area contributed by atoms with Crippen LogP contribution in [0.5, 0.6) is 0 Å². The maximum absolute atomic E-state index is 13.0. The Morgan fingerprint density at radius 3 is 2.50 bits per heavy atom. The molecule has 0 unspecified atom stereocenters. The van der Waals surface area contributed by atoms with Crippen LogP contribution in [0.3, 0.4) is 0 Å². The minimum Gasteiger partial charge on any atom is -0.324 e. The van der Waals surface area contributed by atoms with Crippen molar-refractivity contribution in [3.05, 3.63) is 69.8 Å². The Hall–Kier alpha value is -3.79. The van der Waals surface area contributed by atoms with Crippen LogP contribution >= 0.6 is 15.9 Å². The van der Waals surface area contributed by atoms with E-state index in [9.17, 15) is 14.4 Å². The number of urea groups is 1. The largest absolute Gasteiger partial charge is 0.330 e. The Balaban J connectivity index is 1.43. The zero-order chi connectivity index (χ0) is 22.6. The van der Waals surface area contributed by atoms with E-state index in [1.165, 1.54) is 11.9 Å². The molecule has 5 rings (SSSR count). The predicted octanol–water partition coefficient (Wildman–Crippen LogP) is 3.78. The van der Waals surface area contributed by atoms with Crippen LogP contribution < -0.4 is 15.1 Å². The summed E-state index contributed by atoms with van der Waals surface area (Å²) in [5.41, 5.74) is 2.83. The van der Waals surface area contributed by atoms with Crippen LogP contribution in [-0.2, 0) is 6.54 Å². The Kier molecular flexibility index (Phi) is 4.66. The van der Waals surface area contributed by atoms with E-state index in [0.717, 1.165) is 20.6 Å². The number of imide groups is 1. The first-order chi connectivity index (χ1) is 15.3. The number of nitrogens with one attached hydrogen (secondary N) is 1. The van der Waals surface area contributed by atoms with Gasteiger partial charge in [0.2, 0.25) is 5.95 Å². The summed E-state index contributed by atoms with van der Waals surface area (Å²) in [7, 11) is 3.12. The summed E-state index contributed by atoms with van der Waals surface area (Å²) in [6, 6.07) is 12.2. The van der Waals surface area contributed by atoms with Crippen molar-refractivity contribution in [2.75, 3.05) is 29.2 Å². The molecule has 0 saturated carbocycles. The van der Waals surface area contributed by atoms with E-state index in [4.69, 9.17) is 0 Å². The van der Waals surface area contributed by atoms with Gasteiger partial charge in [-0.25, -0.2) is 9.78 Å². The molecule has 4 amide bonds. The molecule has 0 radical (unpaired) electrons. The van der Waals surface area contributed by atoms with Crippen LogP contribution in [0.15, 0.2) is 53.1 Å². The molecule has 0 spiro atoms. The van der Waals surface area contributed by atoms with Gasteiger partial charge in [0.05, 0.1) is 23.4 Å². The highest BCUT2D eigenvalue weighted by atomic mass is 79.9. The van der Waals surface area contributed by atoms with Crippen molar-refractivity contribution in [2.45, 2.75) is 6.54 Å². The van der Waals surface area contributed by atoms with E-state index in [1.54, 1.807) is 36.3 Å². The van der Waals surface area contributed by atoms with Gasteiger partial charge in [0.25, 0.3) is 11.8 Å². The van der Waals surface area contributed by atoms with Gasteiger partial charge in [-0.2, -0.15) is 4.98 Å². The lowest BCUT2D eigenvalue weighted by atomic mass is 10.1. The number of amides is 4. The minimum atomic E-state index is -0.350. The molecule has 0 atom stereocenters. The summed E-state index contributed by atoms with van der Waals surface area (Å²) in [4.78, 5) is 50.4. The quantitative estimate of drug-likeness (QED) is 0.558. The van der Waals surface area contributed by atoms with Gasteiger partial charge in [-0.3, -0.25) is 24.3 Å². The number of carbonyl (C=O) groups excluding carboxylic acids is 3. The molecule has 0 aliphatic carbocycles.